The number of piperidine rings is 1. The SMILES string of the molecule is O=CCC(=O)C1CCNCC1. The van der Waals surface area contributed by atoms with Crippen molar-refractivity contribution in [1.82, 2.24) is 5.32 Å². The minimum atomic E-state index is 0.102. The molecule has 11 heavy (non-hydrogen) atoms. The Labute approximate surface area is 66.2 Å². The van der Waals surface area contributed by atoms with Gasteiger partial charge in [0.2, 0.25) is 0 Å². The molecule has 0 aromatic rings. The van der Waals surface area contributed by atoms with Crippen molar-refractivity contribution < 1.29 is 9.59 Å². The van der Waals surface area contributed by atoms with Crippen molar-refractivity contribution in [2.24, 2.45) is 5.92 Å². The van der Waals surface area contributed by atoms with Crippen LogP contribution in [-0.2, 0) is 9.59 Å². The van der Waals surface area contributed by atoms with Crippen molar-refractivity contribution in [1.29, 1.82) is 0 Å². The summed E-state index contributed by atoms with van der Waals surface area (Å²) in [6.45, 7) is 1.82. The summed E-state index contributed by atoms with van der Waals surface area (Å²) in [6, 6.07) is 0. The van der Waals surface area contributed by atoms with E-state index >= 15 is 0 Å². The molecule has 0 aliphatic carbocycles. The second-order valence-electron chi connectivity index (χ2n) is 2.86. The number of nitrogens with one attached hydrogen (secondary N) is 1. The van der Waals surface area contributed by atoms with Crippen LogP contribution in [0.3, 0.4) is 0 Å². The lowest BCUT2D eigenvalue weighted by atomic mass is 9.92. The summed E-state index contributed by atoms with van der Waals surface area (Å²) >= 11 is 0. The summed E-state index contributed by atoms with van der Waals surface area (Å²) in [7, 11) is 0. The lowest BCUT2D eigenvalue weighted by Gasteiger charge is -2.20. The third-order valence-corrected chi connectivity index (χ3v) is 2.08. The predicted molar refractivity (Wildman–Crippen MR) is 41.3 cm³/mol. The number of hydrogen-bond donors (Lipinski definition) is 1. The second-order valence-corrected chi connectivity index (χ2v) is 2.86. The Hall–Kier alpha value is -0.700. The molecule has 0 atom stereocenters. The first-order valence-corrected chi connectivity index (χ1v) is 4.01. The second kappa shape index (κ2) is 4.23. The van der Waals surface area contributed by atoms with E-state index in [0.717, 1.165) is 25.9 Å². The maximum absolute atomic E-state index is 11.1. The van der Waals surface area contributed by atoms with Crippen molar-refractivity contribution in [3.8, 4) is 0 Å². The molecule has 0 saturated carbocycles. The lowest BCUT2D eigenvalue weighted by Crippen LogP contribution is -2.31. The van der Waals surface area contributed by atoms with Crippen molar-refractivity contribution in [2.75, 3.05) is 13.1 Å². The summed E-state index contributed by atoms with van der Waals surface area (Å²) in [5, 5.41) is 3.17. The number of ketones is 1. The van der Waals surface area contributed by atoms with Gasteiger partial charge < -0.3 is 10.1 Å². The van der Waals surface area contributed by atoms with E-state index < -0.39 is 0 Å². The molecular formula is C8H13NO2. The van der Waals surface area contributed by atoms with Gasteiger partial charge in [-0.05, 0) is 25.9 Å². The Bertz CT molecular complexity index is 150. The van der Waals surface area contributed by atoms with Crippen LogP contribution in [-0.4, -0.2) is 25.2 Å². The normalized spacial score (nSPS) is 19.6. The van der Waals surface area contributed by atoms with Gasteiger partial charge in [0, 0.05) is 5.92 Å². The third kappa shape index (κ3) is 2.42. The standard InChI is InChI=1S/C8H13NO2/c10-6-3-8(11)7-1-4-9-5-2-7/h6-7,9H,1-5H2. The average Bonchev–Trinajstić information content (AvgIpc) is 2.07. The molecule has 0 amide bonds. The van der Waals surface area contributed by atoms with Gasteiger partial charge in [0.25, 0.3) is 0 Å². The highest BCUT2D eigenvalue weighted by Gasteiger charge is 2.19. The van der Waals surface area contributed by atoms with Crippen LogP contribution in [0.1, 0.15) is 19.3 Å². The number of Topliss-reactive ketones (excluding diaryl/α,β-unsaturated/α-hetero) is 1. The van der Waals surface area contributed by atoms with Gasteiger partial charge in [0.15, 0.2) is 0 Å². The minimum Gasteiger partial charge on any atom is -0.317 e. The van der Waals surface area contributed by atoms with Crippen LogP contribution in [0.4, 0.5) is 0 Å². The Morgan fingerprint density at radius 2 is 2.09 bits per heavy atom. The van der Waals surface area contributed by atoms with Crippen LogP contribution in [0.2, 0.25) is 0 Å². The quantitative estimate of drug-likeness (QED) is 0.466. The van der Waals surface area contributed by atoms with E-state index in [1.807, 2.05) is 0 Å². The molecule has 1 saturated heterocycles. The third-order valence-electron chi connectivity index (χ3n) is 2.08. The number of hydrogen-bond acceptors (Lipinski definition) is 3. The zero-order valence-electron chi connectivity index (χ0n) is 6.51. The van der Waals surface area contributed by atoms with Gasteiger partial charge in [-0.2, -0.15) is 0 Å². The largest absolute Gasteiger partial charge is 0.317 e. The molecule has 0 spiro atoms. The van der Waals surface area contributed by atoms with Crippen LogP contribution in [0.5, 0.6) is 0 Å². The zero-order chi connectivity index (χ0) is 8.10. The molecule has 1 fully saturated rings. The van der Waals surface area contributed by atoms with Gasteiger partial charge >= 0.3 is 0 Å². The zero-order valence-corrected chi connectivity index (χ0v) is 6.51. The van der Waals surface area contributed by atoms with Crippen LogP contribution >= 0.6 is 0 Å². The molecule has 1 heterocycles. The Kier molecular flexibility index (Phi) is 3.23. The molecule has 0 radical (unpaired) electrons. The van der Waals surface area contributed by atoms with E-state index in [0.29, 0.717) is 6.29 Å². The first kappa shape index (κ1) is 8.40. The number of carbonyl (C=O) groups excluding carboxylic acids is 2. The Morgan fingerprint density at radius 1 is 1.45 bits per heavy atom. The fourth-order valence-corrected chi connectivity index (χ4v) is 1.39. The van der Waals surface area contributed by atoms with Crippen molar-refractivity contribution in [3.05, 3.63) is 0 Å². The fourth-order valence-electron chi connectivity index (χ4n) is 1.39. The monoisotopic (exact) mass is 155 g/mol. The van der Waals surface area contributed by atoms with Gasteiger partial charge in [0.1, 0.15) is 12.1 Å². The van der Waals surface area contributed by atoms with Gasteiger partial charge in [-0.25, -0.2) is 0 Å². The summed E-state index contributed by atoms with van der Waals surface area (Å²) < 4.78 is 0. The topological polar surface area (TPSA) is 46.2 Å². The highest BCUT2D eigenvalue weighted by atomic mass is 16.1. The summed E-state index contributed by atoms with van der Waals surface area (Å²) in [6.07, 6.45) is 2.59. The number of carbonyl (C=O) groups is 2. The maximum atomic E-state index is 11.1. The lowest BCUT2D eigenvalue weighted by molar-refractivity contribution is -0.126. The van der Waals surface area contributed by atoms with Crippen LogP contribution in [0.25, 0.3) is 0 Å². The van der Waals surface area contributed by atoms with E-state index in [9.17, 15) is 9.59 Å². The molecule has 0 aromatic heterocycles. The molecule has 1 aliphatic rings. The number of aldehydes is 1. The van der Waals surface area contributed by atoms with Crippen molar-refractivity contribution in [3.63, 3.8) is 0 Å². The van der Waals surface area contributed by atoms with Gasteiger partial charge in [-0.15, -0.1) is 0 Å². The molecule has 1 rings (SSSR count). The highest BCUT2D eigenvalue weighted by molar-refractivity contribution is 5.91. The molecule has 62 valence electrons. The van der Waals surface area contributed by atoms with E-state index in [-0.39, 0.29) is 18.1 Å². The average molecular weight is 155 g/mol. The van der Waals surface area contributed by atoms with Gasteiger partial charge in [0.05, 0.1) is 6.42 Å². The molecule has 3 nitrogen and oxygen atoms in total. The molecular weight excluding hydrogens is 142 g/mol. The summed E-state index contributed by atoms with van der Waals surface area (Å²) in [5.41, 5.74) is 0. The molecule has 0 bridgehead atoms. The molecule has 1 aliphatic heterocycles. The van der Waals surface area contributed by atoms with Crippen LogP contribution in [0.15, 0.2) is 0 Å². The minimum absolute atomic E-state index is 0.102. The smallest absolute Gasteiger partial charge is 0.143 e. The van der Waals surface area contributed by atoms with Crippen LogP contribution < -0.4 is 5.32 Å². The molecule has 0 aromatic carbocycles. The van der Waals surface area contributed by atoms with E-state index in [4.69, 9.17) is 0 Å². The summed E-state index contributed by atoms with van der Waals surface area (Å²) in [5.74, 6) is 0.253. The van der Waals surface area contributed by atoms with E-state index in [2.05, 4.69) is 5.32 Å². The highest BCUT2D eigenvalue weighted by Crippen LogP contribution is 2.13. The Balaban J connectivity index is 2.32. The van der Waals surface area contributed by atoms with Gasteiger partial charge in [-0.3, -0.25) is 4.79 Å². The van der Waals surface area contributed by atoms with Gasteiger partial charge in [-0.1, -0.05) is 0 Å². The first-order chi connectivity index (χ1) is 5.34. The van der Waals surface area contributed by atoms with E-state index in [1.165, 1.54) is 0 Å². The number of rotatable bonds is 3. The summed E-state index contributed by atoms with van der Waals surface area (Å²) in [4.78, 5) is 21.2. The van der Waals surface area contributed by atoms with Crippen molar-refractivity contribution in [2.45, 2.75) is 19.3 Å². The molecule has 1 N–H and O–H groups in total. The predicted octanol–water partition coefficient (Wildman–Crippen LogP) is 0.144. The van der Waals surface area contributed by atoms with E-state index in [1.54, 1.807) is 0 Å². The fraction of sp³-hybridized carbons (Fsp3) is 0.750. The maximum Gasteiger partial charge on any atom is 0.143 e. The molecule has 0 unspecified atom stereocenters. The van der Waals surface area contributed by atoms with Crippen LogP contribution in [0, 0.1) is 5.92 Å². The first-order valence-electron chi connectivity index (χ1n) is 4.01. The van der Waals surface area contributed by atoms with Crippen molar-refractivity contribution >= 4 is 12.1 Å². The Morgan fingerprint density at radius 3 is 2.64 bits per heavy atom. The molecule has 3 heteroatoms.